The molecule has 0 saturated carbocycles. The van der Waals surface area contributed by atoms with Crippen LogP contribution in [0.3, 0.4) is 0 Å². The Labute approximate surface area is 74.5 Å². The molecule has 0 saturated heterocycles. The average Bonchev–Trinajstić information content (AvgIpc) is 1.80. The van der Waals surface area contributed by atoms with Crippen LogP contribution in [0.1, 0.15) is 6.42 Å². The van der Waals surface area contributed by atoms with Gasteiger partial charge in [-0.2, -0.15) is 30.7 Å². The lowest BCUT2D eigenvalue weighted by Gasteiger charge is -2.28. The monoisotopic (exact) mass is 227 g/mol. The lowest BCUT2D eigenvalue weighted by atomic mass is 10.1. The minimum absolute atomic E-state index is 2.06. The molecule has 8 heteroatoms. The predicted molar refractivity (Wildman–Crippen MR) is 31.9 cm³/mol. The Bertz CT molecular complexity index is 195. The summed E-state index contributed by atoms with van der Waals surface area (Å²) in [5.74, 6) is -11.5. The van der Waals surface area contributed by atoms with Crippen LogP contribution in [0.4, 0.5) is 30.7 Å². The van der Waals surface area contributed by atoms with Crippen molar-refractivity contribution in [3.8, 4) is 0 Å². The molecule has 85 valence electrons. The molecule has 0 heterocycles. The minimum Gasteiger partial charge on any atom is -0.393 e. The van der Waals surface area contributed by atoms with Gasteiger partial charge in [0.1, 0.15) is 0 Å². The van der Waals surface area contributed by atoms with E-state index in [1.807, 2.05) is 0 Å². The first-order valence-corrected chi connectivity index (χ1v) is 3.25. The Morgan fingerprint density at radius 2 is 1.36 bits per heavy atom. The summed E-state index contributed by atoms with van der Waals surface area (Å²) in [5.41, 5.74) is 0. The Kier molecular flexibility index (Phi) is 3.42. The topological polar surface area (TPSA) is 20.2 Å². The maximum atomic E-state index is 12.3. The van der Waals surface area contributed by atoms with Crippen molar-refractivity contribution in [1.82, 2.24) is 0 Å². The van der Waals surface area contributed by atoms with Gasteiger partial charge in [0.15, 0.2) is 0 Å². The lowest BCUT2D eigenvalue weighted by molar-refractivity contribution is -0.357. The number of hydrogen-bond acceptors (Lipinski definition) is 1. The highest BCUT2D eigenvalue weighted by molar-refractivity contribution is 4.92. The lowest BCUT2D eigenvalue weighted by Crippen LogP contribution is -2.52. The molecule has 0 fully saturated rings. The summed E-state index contributed by atoms with van der Waals surface area (Å²) in [6.07, 6.45) is -10.6. The van der Waals surface area contributed by atoms with E-state index in [-0.39, 0.29) is 0 Å². The normalized spacial score (nSPS) is 16.9. The fourth-order valence-electron chi connectivity index (χ4n) is 0.631. The summed E-state index contributed by atoms with van der Waals surface area (Å²) in [4.78, 5) is 0. The Balaban J connectivity index is 4.88. The molecule has 1 atom stereocenters. The largest absolute Gasteiger partial charge is 0.459 e. The van der Waals surface area contributed by atoms with Crippen LogP contribution in [0, 0.1) is 6.92 Å². The molecule has 0 aromatic rings. The molecular weight excluding hydrogens is 221 g/mol. The van der Waals surface area contributed by atoms with Crippen LogP contribution in [-0.4, -0.2) is 29.2 Å². The summed E-state index contributed by atoms with van der Waals surface area (Å²) >= 11 is 0. The number of rotatable bonds is 3. The van der Waals surface area contributed by atoms with E-state index in [0.717, 1.165) is 0 Å². The van der Waals surface area contributed by atoms with Gasteiger partial charge >= 0.3 is 18.0 Å². The number of aliphatic hydroxyl groups excluding tert-OH is 1. The first kappa shape index (κ1) is 13.5. The van der Waals surface area contributed by atoms with Crippen molar-refractivity contribution in [1.29, 1.82) is 0 Å². The number of halogens is 7. The van der Waals surface area contributed by atoms with E-state index in [9.17, 15) is 30.7 Å². The molecule has 0 aliphatic rings. The van der Waals surface area contributed by atoms with Crippen molar-refractivity contribution in [3.05, 3.63) is 6.92 Å². The van der Waals surface area contributed by atoms with Crippen LogP contribution in [0.15, 0.2) is 0 Å². The second kappa shape index (κ2) is 3.56. The first-order chi connectivity index (χ1) is 5.92. The Hall–Kier alpha value is -0.530. The van der Waals surface area contributed by atoms with E-state index < -0.39 is 30.5 Å². The van der Waals surface area contributed by atoms with Gasteiger partial charge in [-0.15, -0.1) is 0 Å². The summed E-state index contributed by atoms with van der Waals surface area (Å²) in [6, 6.07) is 0. The molecular formula is C6H6F7O. The predicted octanol–water partition coefficient (Wildman–Crippen LogP) is 2.40. The van der Waals surface area contributed by atoms with E-state index in [0.29, 0.717) is 0 Å². The van der Waals surface area contributed by atoms with Crippen LogP contribution in [0.25, 0.3) is 0 Å². The third-order valence-electron chi connectivity index (χ3n) is 1.31. The van der Waals surface area contributed by atoms with Crippen LogP contribution >= 0.6 is 0 Å². The van der Waals surface area contributed by atoms with Gasteiger partial charge in [-0.05, 0) is 6.92 Å². The first-order valence-electron chi connectivity index (χ1n) is 3.25. The van der Waals surface area contributed by atoms with Crippen molar-refractivity contribution in [3.63, 3.8) is 0 Å². The summed E-state index contributed by atoms with van der Waals surface area (Å²) in [6.45, 7) is 2.49. The molecule has 1 N–H and O–H groups in total. The highest BCUT2D eigenvalue weighted by atomic mass is 19.4. The molecule has 0 aromatic carbocycles. The zero-order valence-corrected chi connectivity index (χ0v) is 6.58. The molecule has 0 rings (SSSR count). The van der Waals surface area contributed by atoms with Crippen molar-refractivity contribution in [2.24, 2.45) is 0 Å². The second-order valence-electron chi connectivity index (χ2n) is 2.63. The van der Waals surface area contributed by atoms with Gasteiger partial charge in [-0.3, -0.25) is 0 Å². The van der Waals surface area contributed by atoms with E-state index in [2.05, 4.69) is 6.92 Å². The zero-order valence-electron chi connectivity index (χ0n) is 6.58. The zero-order chi connectivity index (χ0) is 11.8. The van der Waals surface area contributed by atoms with E-state index in [4.69, 9.17) is 5.11 Å². The third kappa shape index (κ3) is 2.49. The number of hydrogen-bond donors (Lipinski definition) is 1. The quantitative estimate of drug-likeness (QED) is 0.734. The molecule has 0 amide bonds. The van der Waals surface area contributed by atoms with Crippen molar-refractivity contribution in [2.75, 3.05) is 0 Å². The van der Waals surface area contributed by atoms with E-state index in [1.165, 1.54) is 0 Å². The fraction of sp³-hybridized carbons (Fsp3) is 0.833. The van der Waals surface area contributed by atoms with Crippen molar-refractivity contribution >= 4 is 0 Å². The van der Waals surface area contributed by atoms with Crippen LogP contribution in [0.2, 0.25) is 0 Å². The SMILES string of the molecule is [CH2]C(O)CC(F)(F)C(F)(F)C(F)(F)F. The van der Waals surface area contributed by atoms with Gasteiger partial charge in [-0.25, -0.2) is 0 Å². The highest BCUT2D eigenvalue weighted by Gasteiger charge is 2.72. The Morgan fingerprint density at radius 1 is 1.00 bits per heavy atom. The fourth-order valence-corrected chi connectivity index (χ4v) is 0.631. The molecule has 0 spiro atoms. The summed E-state index contributed by atoms with van der Waals surface area (Å²) < 4.78 is 83.0. The van der Waals surface area contributed by atoms with Gasteiger partial charge in [0.25, 0.3) is 0 Å². The van der Waals surface area contributed by atoms with Gasteiger partial charge in [-0.1, -0.05) is 0 Å². The summed E-state index contributed by atoms with van der Waals surface area (Å²) in [7, 11) is 0. The molecule has 14 heavy (non-hydrogen) atoms. The van der Waals surface area contributed by atoms with Crippen LogP contribution in [0.5, 0.6) is 0 Å². The minimum atomic E-state index is -6.36. The summed E-state index contributed by atoms with van der Waals surface area (Å²) in [5, 5.41) is 8.23. The van der Waals surface area contributed by atoms with Gasteiger partial charge < -0.3 is 5.11 Å². The van der Waals surface area contributed by atoms with Gasteiger partial charge in [0, 0.05) is 6.42 Å². The molecule has 1 nitrogen and oxygen atoms in total. The van der Waals surface area contributed by atoms with E-state index in [1.54, 1.807) is 0 Å². The number of alkyl halides is 7. The Morgan fingerprint density at radius 3 is 1.57 bits per heavy atom. The van der Waals surface area contributed by atoms with Crippen molar-refractivity contribution in [2.45, 2.75) is 30.5 Å². The smallest absolute Gasteiger partial charge is 0.393 e. The van der Waals surface area contributed by atoms with Gasteiger partial charge in [0.05, 0.1) is 6.10 Å². The molecule has 0 bridgehead atoms. The second-order valence-corrected chi connectivity index (χ2v) is 2.63. The molecule has 0 aliphatic carbocycles. The molecule has 0 aromatic heterocycles. The molecule has 1 radical (unpaired) electrons. The third-order valence-corrected chi connectivity index (χ3v) is 1.31. The van der Waals surface area contributed by atoms with Crippen LogP contribution < -0.4 is 0 Å². The maximum Gasteiger partial charge on any atom is 0.459 e. The molecule has 0 aliphatic heterocycles. The van der Waals surface area contributed by atoms with Gasteiger partial charge in [0.2, 0.25) is 0 Å². The van der Waals surface area contributed by atoms with E-state index >= 15 is 0 Å². The van der Waals surface area contributed by atoms with Crippen molar-refractivity contribution < 1.29 is 35.8 Å². The number of aliphatic hydroxyl groups is 1. The average molecular weight is 227 g/mol. The highest BCUT2D eigenvalue weighted by Crippen LogP contribution is 2.48. The standard InChI is InChI=1S/C6H6F7O/c1-3(14)2-4(7,8)5(9,10)6(11,12)13/h3,14H,1-2H2. The molecule has 1 unspecified atom stereocenters. The van der Waals surface area contributed by atoms with Crippen LogP contribution in [-0.2, 0) is 0 Å². The maximum absolute atomic E-state index is 12.3.